The number of urea groups is 1. The molecule has 88 valence electrons. The number of amides is 2. The molecule has 17 heavy (non-hydrogen) atoms. The molecule has 0 aliphatic heterocycles. The van der Waals surface area contributed by atoms with E-state index in [0.717, 1.165) is 5.69 Å². The summed E-state index contributed by atoms with van der Waals surface area (Å²) in [6, 6.07) is 13.9. The number of benzene rings is 1. The largest absolute Gasteiger partial charge is 0.351 e. The highest BCUT2D eigenvalue weighted by atomic mass is 35.5. The fourth-order valence-corrected chi connectivity index (χ4v) is 1.13. The van der Waals surface area contributed by atoms with Crippen LogP contribution < -0.4 is 11.1 Å². The Labute approximate surface area is 104 Å². The summed E-state index contributed by atoms with van der Waals surface area (Å²) >= 11 is 5.43. The van der Waals surface area contributed by atoms with Crippen LogP contribution in [0.15, 0.2) is 54.7 Å². The van der Waals surface area contributed by atoms with Crippen LogP contribution in [-0.4, -0.2) is 11.0 Å². The molecule has 0 bridgehead atoms. The number of nitrogens with one attached hydrogen (secondary N) is 1. The number of carbonyl (C=O) groups is 1. The van der Waals surface area contributed by atoms with Crippen molar-refractivity contribution in [2.45, 2.75) is 0 Å². The highest BCUT2D eigenvalue weighted by Gasteiger charge is 1.90. The zero-order chi connectivity index (χ0) is 12.5. The van der Waals surface area contributed by atoms with E-state index >= 15 is 0 Å². The Kier molecular flexibility index (Phi) is 5.54. The van der Waals surface area contributed by atoms with Gasteiger partial charge in [-0.1, -0.05) is 35.9 Å². The Morgan fingerprint density at radius 2 is 1.76 bits per heavy atom. The monoisotopic (exact) mass is 249 g/mol. The molecule has 1 aromatic carbocycles. The van der Waals surface area contributed by atoms with Crippen molar-refractivity contribution in [3.05, 3.63) is 59.9 Å². The van der Waals surface area contributed by atoms with Gasteiger partial charge in [-0.3, -0.25) is 0 Å². The highest BCUT2D eigenvalue weighted by Crippen LogP contribution is 2.03. The van der Waals surface area contributed by atoms with Gasteiger partial charge in [0.1, 0.15) is 5.15 Å². The van der Waals surface area contributed by atoms with Gasteiger partial charge in [0.15, 0.2) is 0 Å². The number of nitrogens with zero attached hydrogens (tertiary/aromatic N) is 1. The molecule has 3 N–H and O–H groups in total. The van der Waals surface area contributed by atoms with E-state index in [9.17, 15) is 4.79 Å². The number of nitrogens with two attached hydrogens (primary N) is 1. The first kappa shape index (κ1) is 13.0. The fourth-order valence-electron chi connectivity index (χ4n) is 1.01. The third kappa shape index (κ3) is 6.17. The number of hydrogen-bond acceptors (Lipinski definition) is 2. The van der Waals surface area contributed by atoms with Crippen LogP contribution in [0.3, 0.4) is 0 Å². The molecule has 2 aromatic rings. The molecule has 2 amide bonds. The lowest BCUT2D eigenvalue weighted by atomic mass is 10.3. The Hall–Kier alpha value is -2.07. The number of para-hydroxylation sites is 1. The molecule has 0 fully saturated rings. The van der Waals surface area contributed by atoms with E-state index in [0.29, 0.717) is 5.15 Å². The van der Waals surface area contributed by atoms with E-state index in [1.807, 2.05) is 30.3 Å². The number of aromatic nitrogens is 1. The highest BCUT2D eigenvalue weighted by molar-refractivity contribution is 6.29. The van der Waals surface area contributed by atoms with E-state index in [-0.39, 0.29) is 0 Å². The van der Waals surface area contributed by atoms with Crippen molar-refractivity contribution in [1.29, 1.82) is 0 Å². The van der Waals surface area contributed by atoms with E-state index in [4.69, 9.17) is 17.3 Å². The summed E-state index contributed by atoms with van der Waals surface area (Å²) in [7, 11) is 0. The second-order valence-corrected chi connectivity index (χ2v) is 3.39. The zero-order valence-electron chi connectivity index (χ0n) is 9.01. The van der Waals surface area contributed by atoms with Gasteiger partial charge in [0, 0.05) is 11.9 Å². The number of anilines is 1. The number of rotatable bonds is 1. The van der Waals surface area contributed by atoms with Gasteiger partial charge in [0.05, 0.1) is 0 Å². The van der Waals surface area contributed by atoms with Gasteiger partial charge in [0.2, 0.25) is 0 Å². The van der Waals surface area contributed by atoms with E-state index in [1.54, 1.807) is 24.4 Å². The third-order valence-electron chi connectivity index (χ3n) is 1.67. The van der Waals surface area contributed by atoms with Crippen molar-refractivity contribution in [1.82, 2.24) is 4.98 Å². The van der Waals surface area contributed by atoms with Crippen LogP contribution in [0, 0.1) is 0 Å². The van der Waals surface area contributed by atoms with Crippen LogP contribution in [0.2, 0.25) is 5.15 Å². The quantitative estimate of drug-likeness (QED) is 0.763. The first-order valence-corrected chi connectivity index (χ1v) is 5.24. The molecule has 0 radical (unpaired) electrons. The smallest absolute Gasteiger partial charge is 0.316 e. The van der Waals surface area contributed by atoms with Crippen molar-refractivity contribution in [3.63, 3.8) is 0 Å². The van der Waals surface area contributed by atoms with Crippen LogP contribution in [0.5, 0.6) is 0 Å². The first-order valence-electron chi connectivity index (χ1n) is 4.86. The molecule has 0 saturated heterocycles. The van der Waals surface area contributed by atoms with E-state index in [1.165, 1.54) is 0 Å². The van der Waals surface area contributed by atoms with E-state index < -0.39 is 6.03 Å². The molecule has 0 spiro atoms. The van der Waals surface area contributed by atoms with Crippen molar-refractivity contribution < 1.29 is 4.79 Å². The van der Waals surface area contributed by atoms with Crippen molar-refractivity contribution >= 4 is 23.3 Å². The van der Waals surface area contributed by atoms with Gasteiger partial charge < -0.3 is 11.1 Å². The van der Waals surface area contributed by atoms with Crippen molar-refractivity contribution in [2.24, 2.45) is 5.73 Å². The summed E-state index contributed by atoms with van der Waals surface area (Å²) in [5, 5.41) is 2.99. The summed E-state index contributed by atoms with van der Waals surface area (Å²) in [6.45, 7) is 0. The van der Waals surface area contributed by atoms with Crippen LogP contribution in [0.4, 0.5) is 10.5 Å². The average molecular weight is 250 g/mol. The second-order valence-electron chi connectivity index (χ2n) is 3.01. The summed E-state index contributed by atoms with van der Waals surface area (Å²) in [5.74, 6) is 0. The summed E-state index contributed by atoms with van der Waals surface area (Å²) in [5.41, 5.74) is 5.59. The first-order chi connectivity index (χ1) is 8.18. The van der Waals surface area contributed by atoms with Gasteiger partial charge in [0.25, 0.3) is 0 Å². The maximum atomic E-state index is 10.3. The molecule has 0 atom stereocenters. The van der Waals surface area contributed by atoms with Gasteiger partial charge in [-0.05, 0) is 24.3 Å². The Morgan fingerprint density at radius 1 is 1.12 bits per heavy atom. The maximum Gasteiger partial charge on any atom is 0.316 e. The van der Waals surface area contributed by atoms with Gasteiger partial charge in [-0.25, -0.2) is 9.78 Å². The summed E-state index contributed by atoms with van der Waals surface area (Å²) < 4.78 is 0. The minimum absolute atomic E-state index is 0.536. The summed E-state index contributed by atoms with van der Waals surface area (Å²) in [4.78, 5) is 14.0. The molecule has 0 aliphatic carbocycles. The van der Waals surface area contributed by atoms with Crippen LogP contribution in [-0.2, 0) is 0 Å². The van der Waals surface area contributed by atoms with Crippen LogP contribution in [0.25, 0.3) is 0 Å². The molecule has 0 saturated carbocycles. The number of carbonyl (C=O) groups excluding carboxylic acids is 1. The Bertz CT molecular complexity index is 448. The fraction of sp³-hybridized carbons (Fsp3) is 0. The minimum Gasteiger partial charge on any atom is -0.351 e. The standard InChI is InChI=1S/C7H8N2O.C5H4ClN/c8-7(10)9-6-4-2-1-3-5-6;6-5-3-1-2-4-7-5/h1-5H,(H3,8,9,10);1-4H. The molecule has 1 aromatic heterocycles. The minimum atomic E-state index is -0.536. The predicted molar refractivity (Wildman–Crippen MR) is 68.9 cm³/mol. The Morgan fingerprint density at radius 3 is 2.18 bits per heavy atom. The van der Waals surface area contributed by atoms with Crippen molar-refractivity contribution in [2.75, 3.05) is 5.32 Å². The zero-order valence-corrected chi connectivity index (χ0v) is 9.76. The number of pyridine rings is 1. The van der Waals surface area contributed by atoms with Gasteiger partial charge in [-0.15, -0.1) is 0 Å². The molecule has 4 nitrogen and oxygen atoms in total. The van der Waals surface area contributed by atoms with Crippen molar-refractivity contribution in [3.8, 4) is 0 Å². The lowest BCUT2D eigenvalue weighted by Gasteiger charge is -1.97. The lowest BCUT2D eigenvalue weighted by molar-refractivity contribution is 0.259. The average Bonchev–Trinajstić information content (AvgIpc) is 2.31. The summed E-state index contributed by atoms with van der Waals surface area (Å²) in [6.07, 6.45) is 1.66. The Balaban J connectivity index is 0.000000181. The number of halogens is 1. The van der Waals surface area contributed by atoms with Gasteiger partial charge >= 0.3 is 6.03 Å². The lowest BCUT2D eigenvalue weighted by Crippen LogP contribution is -2.18. The van der Waals surface area contributed by atoms with Crippen LogP contribution >= 0.6 is 11.6 Å². The number of hydrogen-bond donors (Lipinski definition) is 2. The molecule has 2 rings (SSSR count). The maximum absolute atomic E-state index is 10.3. The molecule has 5 heteroatoms. The topological polar surface area (TPSA) is 68.0 Å². The third-order valence-corrected chi connectivity index (χ3v) is 1.89. The predicted octanol–water partition coefficient (Wildman–Crippen LogP) is 2.91. The molecule has 1 heterocycles. The SMILES string of the molecule is Clc1ccccn1.NC(=O)Nc1ccccc1. The van der Waals surface area contributed by atoms with Crippen LogP contribution in [0.1, 0.15) is 0 Å². The van der Waals surface area contributed by atoms with Gasteiger partial charge in [-0.2, -0.15) is 0 Å². The normalized spacial score (nSPS) is 8.76. The molecular weight excluding hydrogens is 238 g/mol. The molecule has 0 aliphatic rings. The second kappa shape index (κ2) is 7.24. The molecular formula is C12H12ClN3O. The molecule has 0 unspecified atom stereocenters. The van der Waals surface area contributed by atoms with E-state index in [2.05, 4.69) is 10.3 Å². The number of primary amides is 1.